The first-order chi connectivity index (χ1) is 9.54. The maximum atomic E-state index is 3.84. The SMILES string of the molecule is C=CC(C)CCCN(C)C(C)C1=CC=C(C)CC1.CC. The molecule has 116 valence electrons. The Kier molecular flexibility index (Phi) is 10.5. The lowest BCUT2D eigenvalue weighted by Crippen LogP contribution is -2.32. The van der Waals surface area contributed by atoms with Crippen molar-refractivity contribution in [2.45, 2.75) is 66.3 Å². The molecule has 1 rings (SSSR count). The number of likely N-dealkylation sites (N-methyl/N-ethyl adjacent to an activating group) is 1. The lowest BCUT2D eigenvalue weighted by molar-refractivity contribution is 0.272. The number of hydrogen-bond donors (Lipinski definition) is 0. The van der Waals surface area contributed by atoms with Crippen molar-refractivity contribution in [3.8, 4) is 0 Å². The summed E-state index contributed by atoms with van der Waals surface area (Å²) in [5, 5.41) is 0. The van der Waals surface area contributed by atoms with E-state index in [0.29, 0.717) is 12.0 Å². The zero-order chi connectivity index (χ0) is 15.5. The van der Waals surface area contributed by atoms with Gasteiger partial charge in [-0.2, -0.15) is 0 Å². The van der Waals surface area contributed by atoms with Crippen molar-refractivity contribution in [1.29, 1.82) is 0 Å². The highest BCUT2D eigenvalue weighted by molar-refractivity contribution is 5.25. The molecule has 20 heavy (non-hydrogen) atoms. The summed E-state index contributed by atoms with van der Waals surface area (Å²) in [4.78, 5) is 2.48. The van der Waals surface area contributed by atoms with E-state index in [0.717, 1.165) is 0 Å². The Morgan fingerprint density at radius 2 is 1.90 bits per heavy atom. The van der Waals surface area contributed by atoms with Gasteiger partial charge in [-0.1, -0.05) is 50.1 Å². The molecule has 0 bridgehead atoms. The molecule has 0 aliphatic heterocycles. The minimum absolute atomic E-state index is 0.577. The molecule has 0 aromatic carbocycles. The quantitative estimate of drug-likeness (QED) is 0.547. The zero-order valence-corrected chi connectivity index (χ0v) is 14.6. The van der Waals surface area contributed by atoms with Crippen LogP contribution < -0.4 is 0 Å². The van der Waals surface area contributed by atoms with Crippen molar-refractivity contribution in [2.24, 2.45) is 5.92 Å². The van der Waals surface area contributed by atoms with Crippen LogP contribution in [0.15, 0.2) is 36.0 Å². The Hall–Kier alpha value is -0.820. The Morgan fingerprint density at radius 1 is 1.25 bits per heavy atom. The molecule has 1 nitrogen and oxygen atoms in total. The maximum Gasteiger partial charge on any atom is 0.0279 e. The van der Waals surface area contributed by atoms with Crippen molar-refractivity contribution >= 4 is 0 Å². The lowest BCUT2D eigenvalue weighted by Gasteiger charge is -2.28. The first-order valence-corrected chi connectivity index (χ1v) is 8.23. The van der Waals surface area contributed by atoms with E-state index < -0.39 is 0 Å². The second-order valence-corrected chi connectivity index (χ2v) is 5.77. The fourth-order valence-corrected chi connectivity index (χ4v) is 2.36. The van der Waals surface area contributed by atoms with E-state index in [1.165, 1.54) is 37.8 Å². The van der Waals surface area contributed by atoms with E-state index in [2.05, 4.69) is 57.5 Å². The molecular formula is C19H35N. The molecule has 0 fully saturated rings. The average Bonchev–Trinajstić information content (AvgIpc) is 2.49. The minimum Gasteiger partial charge on any atom is -0.300 e. The van der Waals surface area contributed by atoms with E-state index in [1.807, 2.05) is 13.8 Å². The number of rotatable bonds is 7. The Bertz CT molecular complexity index is 325. The zero-order valence-electron chi connectivity index (χ0n) is 14.6. The molecule has 0 aromatic rings. The van der Waals surface area contributed by atoms with Crippen LogP contribution in [0.25, 0.3) is 0 Å². The molecule has 2 unspecified atom stereocenters. The van der Waals surface area contributed by atoms with Crippen LogP contribution in [0.4, 0.5) is 0 Å². The van der Waals surface area contributed by atoms with Crippen LogP contribution in [0.2, 0.25) is 0 Å². The third-order valence-corrected chi connectivity index (χ3v) is 4.16. The molecule has 0 saturated heterocycles. The summed E-state index contributed by atoms with van der Waals surface area (Å²) in [7, 11) is 2.25. The molecule has 1 heteroatoms. The molecule has 0 aromatic heterocycles. The van der Waals surface area contributed by atoms with Crippen LogP contribution in [-0.4, -0.2) is 24.5 Å². The molecule has 0 spiro atoms. The first kappa shape index (κ1) is 19.2. The van der Waals surface area contributed by atoms with Gasteiger partial charge in [0.25, 0.3) is 0 Å². The highest BCUT2D eigenvalue weighted by atomic mass is 15.1. The van der Waals surface area contributed by atoms with Crippen molar-refractivity contribution < 1.29 is 0 Å². The molecule has 0 N–H and O–H groups in total. The van der Waals surface area contributed by atoms with E-state index in [4.69, 9.17) is 0 Å². The maximum absolute atomic E-state index is 3.84. The fourth-order valence-electron chi connectivity index (χ4n) is 2.36. The van der Waals surface area contributed by atoms with Crippen LogP contribution in [0, 0.1) is 5.92 Å². The van der Waals surface area contributed by atoms with Crippen LogP contribution in [0.3, 0.4) is 0 Å². The van der Waals surface area contributed by atoms with Gasteiger partial charge in [-0.25, -0.2) is 0 Å². The van der Waals surface area contributed by atoms with Gasteiger partial charge in [-0.15, -0.1) is 6.58 Å². The van der Waals surface area contributed by atoms with Crippen LogP contribution in [0.1, 0.15) is 60.3 Å². The fraction of sp³-hybridized carbons (Fsp3) is 0.684. The molecule has 0 amide bonds. The molecular weight excluding hydrogens is 242 g/mol. The van der Waals surface area contributed by atoms with Gasteiger partial charge in [0.2, 0.25) is 0 Å². The summed E-state index contributed by atoms with van der Waals surface area (Å²) in [6, 6.07) is 0.577. The van der Waals surface area contributed by atoms with Crippen molar-refractivity contribution in [1.82, 2.24) is 4.90 Å². The van der Waals surface area contributed by atoms with E-state index in [9.17, 15) is 0 Å². The molecule has 0 radical (unpaired) electrons. The third-order valence-electron chi connectivity index (χ3n) is 4.16. The number of allylic oxidation sites excluding steroid dienone is 4. The summed E-state index contributed by atoms with van der Waals surface area (Å²) in [6.45, 7) is 15.8. The standard InChI is InChI=1S/C17H29N.C2H6/c1-6-14(2)8-7-13-18(5)16(4)17-11-9-15(3)10-12-17;1-2/h6,9,11,14,16H,1,7-8,10,12-13H2,2-5H3;1-2H3. The topological polar surface area (TPSA) is 3.24 Å². The molecule has 0 heterocycles. The molecule has 2 atom stereocenters. The third kappa shape index (κ3) is 7.09. The summed E-state index contributed by atoms with van der Waals surface area (Å²) in [6.07, 6.45) is 11.6. The summed E-state index contributed by atoms with van der Waals surface area (Å²) in [5.41, 5.74) is 3.09. The normalized spacial score (nSPS) is 17.6. The minimum atomic E-state index is 0.577. The van der Waals surface area contributed by atoms with Crippen molar-refractivity contribution in [3.63, 3.8) is 0 Å². The van der Waals surface area contributed by atoms with E-state index in [1.54, 1.807) is 5.57 Å². The van der Waals surface area contributed by atoms with Gasteiger partial charge in [0, 0.05) is 6.04 Å². The Labute approximate surface area is 127 Å². The monoisotopic (exact) mass is 277 g/mol. The van der Waals surface area contributed by atoms with Gasteiger partial charge in [-0.3, -0.25) is 4.90 Å². The van der Waals surface area contributed by atoms with Crippen molar-refractivity contribution in [2.75, 3.05) is 13.6 Å². The van der Waals surface area contributed by atoms with Crippen LogP contribution in [0.5, 0.6) is 0 Å². The van der Waals surface area contributed by atoms with Gasteiger partial charge in [-0.05, 0) is 59.0 Å². The van der Waals surface area contributed by atoms with E-state index >= 15 is 0 Å². The predicted molar refractivity (Wildman–Crippen MR) is 93.1 cm³/mol. The van der Waals surface area contributed by atoms with Gasteiger partial charge in [0.05, 0.1) is 0 Å². The van der Waals surface area contributed by atoms with Crippen LogP contribution >= 0.6 is 0 Å². The van der Waals surface area contributed by atoms with Crippen LogP contribution in [-0.2, 0) is 0 Å². The molecule has 0 saturated carbocycles. The Balaban J connectivity index is 0.00000172. The predicted octanol–water partition coefficient (Wildman–Crippen LogP) is 5.60. The lowest BCUT2D eigenvalue weighted by atomic mass is 9.94. The number of nitrogens with zero attached hydrogens (tertiary/aromatic N) is 1. The number of hydrogen-bond acceptors (Lipinski definition) is 1. The summed E-state index contributed by atoms with van der Waals surface area (Å²) in [5.74, 6) is 0.646. The smallest absolute Gasteiger partial charge is 0.0279 e. The largest absolute Gasteiger partial charge is 0.300 e. The van der Waals surface area contributed by atoms with Gasteiger partial charge >= 0.3 is 0 Å². The summed E-state index contributed by atoms with van der Waals surface area (Å²) >= 11 is 0. The Morgan fingerprint density at radius 3 is 2.40 bits per heavy atom. The van der Waals surface area contributed by atoms with Crippen molar-refractivity contribution in [3.05, 3.63) is 36.0 Å². The highest BCUT2D eigenvalue weighted by Crippen LogP contribution is 2.23. The van der Waals surface area contributed by atoms with Gasteiger partial charge < -0.3 is 0 Å². The first-order valence-electron chi connectivity index (χ1n) is 8.23. The molecule has 1 aliphatic rings. The second kappa shape index (κ2) is 10.9. The van der Waals surface area contributed by atoms with Gasteiger partial charge in [0.1, 0.15) is 0 Å². The second-order valence-electron chi connectivity index (χ2n) is 5.77. The van der Waals surface area contributed by atoms with E-state index in [-0.39, 0.29) is 0 Å². The van der Waals surface area contributed by atoms with Gasteiger partial charge in [0.15, 0.2) is 0 Å². The molecule has 1 aliphatic carbocycles. The highest BCUT2D eigenvalue weighted by Gasteiger charge is 2.15. The average molecular weight is 277 g/mol. The summed E-state index contributed by atoms with van der Waals surface area (Å²) < 4.78 is 0.